The Hall–Kier alpha value is -2.30. The molecule has 118 valence electrons. The maximum absolute atomic E-state index is 11.8. The number of ether oxygens (including phenoxy) is 1. The van der Waals surface area contributed by atoms with Crippen LogP contribution in [-0.2, 0) is 9.59 Å². The van der Waals surface area contributed by atoms with E-state index in [1.54, 1.807) is 42.5 Å². The minimum Gasteiger partial charge on any atom is -0.423 e. The first-order valence-electron chi connectivity index (χ1n) is 6.67. The van der Waals surface area contributed by atoms with Crippen molar-refractivity contribution in [2.75, 3.05) is 5.32 Å². The second-order valence-corrected chi connectivity index (χ2v) is 5.39. The molecule has 2 aromatic carbocycles. The smallest absolute Gasteiger partial charge is 0.336 e. The monoisotopic (exact) mass is 349 g/mol. The molecule has 4 nitrogen and oxygen atoms in total. The number of carbonyl (C=O) groups is 2. The SMILES string of the molecule is CC(=O)Nc1ccc(OC(=O)/C=C/c2cccc(Cl)c2Cl)cc1. The Morgan fingerprint density at radius 3 is 2.43 bits per heavy atom. The molecule has 0 bridgehead atoms. The molecule has 0 radical (unpaired) electrons. The second-order valence-electron chi connectivity index (χ2n) is 4.60. The lowest BCUT2D eigenvalue weighted by molar-refractivity contribution is -0.128. The highest BCUT2D eigenvalue weighted by Gasteiger charge is 2.04. The number of anilines is 1. The molecule has 0 aromatic heterocycles. The van der Waals surface area contributed by atoms with Crippen LogP contribution in [0.2, 0.25) is 10.0 Å². The Kier molecular flexibility index (Phi) is 5.79. The van der Waals surface area contributed by atoms with Gasteiger partial charge in [-0.25, -0.2) is 4.79 Å². The maximum atomic E-state index is 11.8. The lowest BCUT2D eigenvalue weighted by Crippen LogP contribution is -2.06. The molecular formula is C17H13Cl2NO3. The summed E-state index contributed by atoms with van der Waals surface area (Å²) >= 11 is 11.9. The van der Waals surface area contributed by atoms with Crippen LogP contribution in [0.1, 0.15) is 12.5 Å². The molecule has 2 aromatic rings. The van der Waals surface area contributed by atoms with E-state index >= 15 is 0 Å². The van der Waals surface area contributed by atoms with Crippen molar-refractivity contribution < 1.29 is 14.3 Å². The summed E-state index contributed by atoms with van der Waals surface area (Å²) in [6.45, 7) is 1.42. The Morgan fingerprint density at radius 1 is 1.09 bits per heavy atom. The third-order valence-corrected chi connectivity index (χ3v) is 3.61. The molecule has 0 spiro atoms. The molecule has 23 heavy (non-hydrogen) atoms. The van der Waals surface area contributed by atoms with Gasteiger partial charge in [-0.05, 0) is 42.0 Å². The number of carbonyl (C=O) groups excluding carboxylic acids is 2. The first-order valence-corrected chi connectivity index (χ1v) is 7.43. The number of benzene rings is 2. The fourth-order valence-corrected chi connectivity index (χ4v) is 2.14. The number of hydrogen-bond acceptors (Lipinski definition) is 3. The highest BCUT2D eigenvalue weighted by atomic mass is 35.5. The van der Waals surface area contributed by atoms with Crippen LogP contribution in [0, 0.1) is 0 Å². The summed E-state index contributed by atoms with van der Waals surface area (Å²) in [7, 11) is 0. The van der Waals surface area contributed by atoms with E-state index in [1.165, 1.54) is 19.1 Å². The summed E-state index contributed by atoms with van der Waals surface area (Å²) in [5, 5.41) is 3.41. The Labute approximate surface area is 143 Å². The van der Waals surface area contributed by atoms with E-state index in [4.69, 9.17) is 27.9 Å². The van der Waals surface area contributed by atoms with Crippen LogP contribution >= 0.6 is 23.2 Å². The van der Waals surface area contributed by atoms with Crippen molar-refractivity contribution in [3.63, 3.8) is 0 Å². The molecule has 1 N–H and O–H groups in total. The van der Waals surface area contributed by atoms with Crippen LogP contribution in [0.3, 0.4) is 0 Å². The van der Waals surface area contributed by atoms with E-state index in [1.807, 2.05) is 0 Å². The number of esters is 1. The van der Waals surface area contributed by atoms with Crippen molar-refractivity contribution >= 4 is 46.8 Å². The molecule has 0 aliphatic heterocycles. The van der Waals surface area contributed by atoms with Crippen molar-refractivity contribution in [3.8, 4) is 5.75 Å². The molecule has 1 amide bonds. The summed E-state index contributed by atoms with van der Waals surface area (Å²) in [6, 6.07) is 11.6. The van der Waals surface area contributed by atoms with Gasteiger partial charge in [0.2, 0.25) is 5.91 Å². The summed E-state index contributed by atoms with van der Waals surface area (Å²) in [4.78, 5) is 22.7. The van der Waals surface area contributed by atoms with Gasteiger partial charge in [-0.15, -0.1) is 0 Å². The molecule has 0 aliphatic carbocycles. The van der Waals surface area contributed by atoms with Crippen LogP contribution in [0.25, 0.3) is 6.08 Å². The standard InChI is InChI=1S/C17H13Cl2NO3/c1-11(21)20-13-6-8-14(9-7-13)23-16(22)10-5-12-3-2-4-15(18)17(12)19/h2-10H,1H3,(H,20,21)/b10-5+. The zero-order valence-electron chi connectivity index (χ0n) is 12.2. The molecule has 0 saturated heterocycles. The van der Waals surface area contributed by atoms with Crippen LogP contribution in [0.15, 0.2) is 48.5 Å². The number of amides is 1. The lowest BCUT2D eigenvalue weighted by atomic mass is 10.2. The Bertz CT molecular complexity index is 755. The molecule has 0 saturated carbocycles. The number of rotatable bonds is 4. The highest BCUT2D eigenvalue weighted by Crippen LogP contribution is 2.26. The van der Waals surface area contributed by atoms with Crippen LogP contribution in [0.5, 0.6) is 5.75 Å². The van der Waals surface area contributed by atoms with E-state index in [2.05, 4.69) is 5.32 Å². The number of nitrogens with one attached hydrogen (secondary N) is 1. The average Bonchev–Trinajstić information content (AvgIpc) is 2.50. The van der Waals surface area contributed by atoms with Crippen LogP contribution < -0.4 is 10.1 Å². The van der Waals surface area contributed by atoms with E-state index in [0.717, 1.165) is 0 Å². The van der Waals surface area contributed by atoms with E-state index < -0.39 is 5.97 Å². The third-order valence-electron chi connectivity index (χ3n) is 2.77. The summed E-state index contributed by atoms with van der Waals surface area (Å²) in [5.41, 5.74) is 1.25. The van der Waals surface area contributed by atoms with Gasteiger partial charge in [0.25, 0.3) is 0 Å². The maximum Gasteiger partial charge on any atom is 0.336 e. The van der Waals surface area contributed by atoms with Gasteiger partial charge in [0, 0.05) is 18.7 Å². The van der Waals surface area contributed by atoms with Gasteiger partial charge < -0.3 is 10.1 Å². The van der Waals surface area contributed by atoms with Gasteiger partial charge in [0.15, 0.2) is 0 Å². The predicted molar refractivity (Wildman–Crippen MR) is 91.9 cm³/mol. The number of halogens is 2. The van der Waals surface area contributed by atoms with Crippen molar-refractivity contribution in [2.24, 2.45) is 0 Å². The second kappa shape index (κ2) is 7.81. The van der Waals surface area contributed by atoms with Crippen LogP contribution in [-0.4, -0.2) is 11.9 Å². The third kappa shape index (κ3) is 5.13. The topological polar surface area (TPSA) is 55.4 Å². The van der Waals surface area contributed by atoms with Gasteiger partial charge in [-0.1, -0.05) is 35.3 Å². The minimum atomic E-state index is -0.548. The van der Waals surface area contributed by atoms with E-state index in [-0.39, 0.29) is 5.91 Å². The largest absolute Gasteiger partial charge is 0.423 e. The summed E-state index contributed by atoms with van der Waals surface area (Å²) < 4.78 is 5.15. The molecule has 0 unspecified atom stereocenters. The Balaban J connectivity index is 2.00. The van der Waals surface area contributed by atoms with Crippen molar-refractivity contribution in [2.45, 2.75) is 6.92 Å². The molecule has 0 aliphatic rings. The molecule has 2 rings (SSSR count). The van der Waals surface area contributed by atoms with Crippen LogP contribution in [0.4, 0.5) is 5.69 Å². The predicted octanol–water partition coefficient (Wildman–Crippen LogP) is 4.57. The fraction of sp³-hybridized carbons (Fsp3) is 0.0588. The normalized spacial score (nSPS) is 10.6. The summed E-state index contributed by atoms with van der Waals surface area (Å²) in [6.07, 6.45) is 2.79. The zero-order chi connectivity index (χ0) is 16.8. The lowest BCUT2D eigenvalue weighted by Gasteiger charge is -2.04. The fourth-order valence-electron chi connectivity index (χ4n) is 1.77. The zero-order valence-corrected chi connectivity index (χ0v) is 13.7. The Morgan fingerprint density at radius 2 is 1.78 bits per heavy atom. The molecule has 0 heterocycles. The van der Waals surface area contributed by atoms with Crippen molar-refractivity contribution in [1.82, 2.24) is 0 Å². The number of hydrogen-bond donors (Lipinski definition) is 1. The minimum absolute atomic E-state index is 0.170. The molecular weight excluding hydrogens is 337 g/mol. The van der Waals surface area contributed by atoms with Crippen molar-refractivity contribution in [1.29, 1.82) is 0 Å². The van der Waals surface area contributed by atoms with Gasteiger partial charge >= 0.3 is 5.97 Å². The molecule has 6 heteroatoms. The highest BCUT2D eigenvalue weighted by molar-refractivity contribution is 6.42. The van der Waals surface area contributed by atoms with Crippen molar-refractivity contribution in [3.05, 3.63) is 64.1 Å². The van der Waals surface area contributed by atoms with Gasteiger partial charge in [0.05, 0.1) is 10.0 Å². The quantitative estimate of drug-likeness (QED) is 0.499. The van der Waals surface area contributed by atoms with Gasteiger partial charge in [-0.2, -0.15) is 0 Å². The van der Waals surface area contributed by atoms with Gasteiger partial charge in [0.1, 0.15) is 5.75 Å². The van der Waals surface area contributed by atoms with Gasteiger partial charge in [-0.3, -0.25) is 4.79 Å². The molecule has 0 atom stereocenters. The average molecular weight is 350 g/mol. The molecule has 0 fully saturated rings. The first-order chi connectivity index (χ1) is 11.0. The first kappa shape index (κ1) is 17.1. The van der Waals surface area contributed by atoms with E-state index in [9.17, 15) is 9.59 Å². The summed E-state index contributed by atoms with van der Waals surface area (Å²) in [5.74, 6) is -0.352. The van der Waals surface area contributed by atoms with E-state index in [0.29, 0.717) is 27.0 Å².